The lowest BCUT2D eigenvalue weighted by Gasteiger charge is -2.08. The highest BCUT2D eigenvalue weighted by molar-refractivity contribution is 5.57. The first kappa shape index (κ1) is 12.8. The summed E-state index contributed by atoms with van der Waals surface area (Å²) in [6.07, 6.45) is 0. The van der Waals surface area contributed by atoms with Crippen molar-refractivity contribution < 1.29 is 0 Å². The largest absolute Gasteiger partial charge is 0.377 e. The normalized spacial score (nSPS) is 10.0. The van der Waals surface area contributed by atoms with Crippen molar-refractivity contribution in [2.24, 2.45) is 0 Å². The molecular formula is C15H12N6. The van der Waals surface area contributed by atoms with Crippen molar-refractivity contribution in [1.29, 1.82) is 5.26 Å². The van der Waals surface area contributed by atoms with Gasteiger partial charge in [-0.3, -0.25) is 0 Å². The minimum Gasteiger partial charge on any atom is -0.377 e. The van der Waals surface area contributed by atoms with Gasteiger partial charge in [-0.25, -0.2) is 0 Å². The first-order chi connectivity index (χ1) is 10.4. The summed E-state index contributed by atoms with van der Waals surface area (Å²) in [6, 6.07) is 19.1. The van der Waals surface area contributed by atoms with Crippen LogP contribution < -0.4 is 5.32 Å². The lowest BCUT2D eigenvalue weighted by Crippen LogP contribution is -2.09. The Morgan fingerprint density at radius 2 is 1.81 bits per heavy atom. The predicted octanol–water partition coefficient (Wildman–Crippen LogP) is 2.15. The average molecular weight is 276 g/mol. The summed E-state index contributed by atoms with van der Waals surface area (Å²) in [4.78, 5) is 0. The summed E-state index contributed by atoms with van der Waals surface area (Å²) in [5.41, 5.74) is 2.26. The Morgan fingerprint density at radius 1 is 1.05 bits per heavy atom. The fourth-order valence-corrected chi connectivity index (χ4v) is 1.99. The second-order valence-corrected chi connectivity index (χ2v) is 4.35. The summed E-state index contributed by atoms with van der Waals surface area (Å²) in [7, 11) is 0. The quantitative estimate of drug-likeness (QED) is 0.789. The van der Waals surface area contributed by atoms with E-state index in [9.17, 15) is 0 Å². The van der Waals surface area contributed by atoms with Gasteiger partial charge in [-0.2, -0.15) is 9.94 Å². The van der Waals surface area contributed by atoms with Crippen LogP contribution in [0, 0.1) is 11.3 Å². The molecule has 0 spiro atoms. The van der Waals surface area contributed by atoms with Crippen molar-refractivity contribution in [1.82, 2.24) is 20.2 Å². The second kappa shape index (κ2) is 5.84. The minimum atomic E-state index is 0.431. The van der Waals surface area contributed by atoms with Crippen molar-refractivity contribution in [3.05, 3.63) is 66.0 Å². The maximum absolute atomic E-state index is 9.07. The van der Waals surface area contributed by atoms with Crippen LogP contribution in [0.25, 0.3) is 5.69 Å². The van der Waals surface area contributed by atoms with E-state index in [0.717, 1.165) is 11.4 Å². The van der Waals surface area contributed by atoms with Crippen LogP contribution in [0.15, 0.2) is 54.6 Å². The standard InChI is InChI=1S/C15H12N6/c16-10-12-6-4-5-9-14(12)17-11-15-18-19-20-21(15)13-7-2-1-3-8-13/h1-9,17H,11H2. The van der Waals surface area contributed by atoms with Crippen LogP contribution >= 0.6 is 0 Å². The van der Waals surface area contributed by atoms with Gasteiger partial charge < -0.3 is 5.32 Å². The number of nitrogens with one attached hydrogen (secondary N) is 1. The molecule has 0 saturated heterocycles. The third kappa shape index (κ3) is 2.72. The minimum absolute atomic E-state index is 0.431. The molecule has 102 valence electrons. The zero-order valence-electron chi connectivity index (χ0n) is 11.1. The molecule has 0 unspecified atom stereocenters. The van der Waals surface area contributed by atoms with Crippen LogP contribution in [0.4, 0.5) is 5.69 Å². The van der Waals surface area contributed by atoms with Crippen LogP contribution in [-0.2, 0) is 6.54 Å². The van der Waals surface area contributed by atoms with Crippen molar-refractivity contribution in [3.8, 4) is 11.8 Å². The smallest absolute Gasteiger partial charge is 0.175 e. The van der Waals surface area contributed by atoms with Crippen LogP contribution in [0.2, 0.25) is 0 Å². The summed E-state index contributed by atoms with van der Waals surface area (Å²) in [5, 5.41) is 24.0. The SMILES string of the molecule is N#Cc1ccccc1NCc1nnnn1-c1ccccc1. The summed E-state index contributed by atoms with van der Waals surface area (Å²) >= 11 is 0. The van der Waals surface area contributed by atoms with Crippen LogP contribution in [-0.4, -0.2) is 20.2 Å². The average Bonchev–Trinajstić information content (AvgIpc) is 3.02. The third-order valence-corrected chi connectivity index (χ3v) is 3.02. The van der Waals surface area contributed by atoms with E-state index in [1.807, 2.05) is 48.5 Å². The molecule has 3 aromatic rings. The van der Waals surface area contributed by atoms with Crippen molar-refractivity contribution >= 4 is 5.69 Å². The Morgan fingerprint density at radius 3 is 2.62 bits per heavy atom. The molecule has 1 N–H and O–H groups in total. The van der Waals surface area contributed by atoms with E-state index in [1.165, 1.54) is 0 Å². The van der Waals surface area contributed by atoms with Crippen molar-refractivity contribution in [3.63, 3.8) is 0 Å². The third-order valence-electron chi connectivity index (χ3n) is 3.02. The lowest BCUT2D eigenvalue weighted by atomic mass is 10.2. The summed E-state index contributed by atoms with van der Waals surface area (Å²) in [6.45, 7) is 0.431. The summed E-state index contributed by atoms with van der Waals surface area (Å²) in [5.74, 6) is 0.675. The molecule has 1 aromatic heterocycles. The number of tetrazole rings is 1. The number of hydrogen-bond donors (Lipinski definition) is 1. The molecule has 0 radical (unpaired) electrons. The fourth-order valence-electron chi connectivity index (χ4n) is 1.99. The van der Waals surface area contributed by atoms with E-state index in [4.69, 9.17) is 5.26 Å². The van der Waals surface area contributed by atoms with Gasteiger partial charge in [0, 0.05) is 0 Å². The number of rotatable bonds is 4. The van der Waals surface area contributed by atoms with Gasteiger partial charge in [0.2, 0.25) is 0 Å². The van der Waals surface area contributed by atoms with E-state index in [-0.39, 0.29) is 0 Å². The van der Waals surface area contributed by atoms with E-state index >= 15 is 0 Å². The lowest BCUT2D eigenvalue weighted by molar-refractivity contribution is 0.768. The first-order valence-electron chi connectivity index (χ1n) is 6.44. The Labute approximate surface area is 121 Å². The Hall–Kier alpha value is -3.20. The van der Waals surface area contributed by atoms with Gasteiger partial charge in [-0.05, 0) is 34.7 Å². The number of anilines is 1. The Kier molecular flexibility index (Phi) is 3.56. The molecular weight excluding hydrogens is 264 g/mol. The van der Waals surface area contributed by atoms with Crippen LogP contribution in [0.5, 0.6) is 0 Å². The molecule has 6 heteroatoms. The molecule has 0 amide bonds. The number of nitrogens with zero attached hydrogens (tertiary/aromatic N) is 5. The number of para-hydroxylation sites is 2. The summed E-state index contributed by atoms with van der Waals surface area (Å²) < 4.78 is 1.67. The van der Waals surface area contributed by atoms with Gasteiger partial charge in [0.15, 0.2) is 5.82 Å². The van der Waals surface area contributed by atoms with E-state index in [0.29, 0.717) is 17.9 Å². The topological polar surface area (TPSA) is 79.4 Å². The number of aromatic nitrogens is 4. The number of benzene rings is 2. The van der Waals surface area contributed by atoms with Gasteiger partial charge in [0.1, 0.15) is 6.07 Å². The molecule has 1 heterocycles. The zero-order chi connectivity index (χ0) is 14.5. The predicted molar refractivity (Wildman–Crippen MR) is 77.6 cm³/mol. The van der Waals surface area contributed by atoms with Gasteiger partial charge in [0.25, 0.3) is 0 Å². The highest BCUT2D eigenvalue weighted by Gasteiger charge is 2.08. The first-order valence-corrected chi connectivity index (χ1v) is 6.44. The maximum atomic E-state index is 9.07. The molecule has 0 bridgehead atoms. The molecule has 0 fully saturated rings. The highest BCUT2D eigenvalue weighted by atomic mass is 15.5. The number of hydrogen-bond acceptors (Lipinski definition) is 5. The van der Waals surface area contributed by atoms with Gasteiger partial charge >= 0.3 is 0 Å². The molecule has 21 heavy (non-hydrogen) atoms. The van der Waals surface area contributed by atoms with Gasteiger partial charge in [0.05, 0.1) is 23.5 Å². The Balaban J connectivity index is 1.81. The molecule has 0 atom stereocenters. The van der Waals surface area contributed by atoms with E-state index in [2.05, 4.69) is 26.9 Å². The van der Waals surface area contributed by atoms with E-state index in [1.54, 1.807) is 10.7 Å². The fraction of sp³-hybridized carbons (Fsp3) is 0.0667. The molecule has 0 saturated carbocycles. The van der Waals surface area contributed by atoms with Crippen molar-refractivity contribution in [2.75, 3.05) is 5.32 Å². The Bertz CT molecular complexity index is 772. The molecule has 0 aliphatic carbocycles. The zero-order valence-corrected chi connectivity index (χ0v) is 11.1. The molecule has 6 nitrogen and oxygen atoms in total. The van der Waals surface area contributed by atoms with Crippen molar-refractivity contribution in [2.45, 2.75) is 6.54 Å². The molecule has 3 rings (SSSR count). The highest BCUT2D eigenvalue weighted by Crippen LogP contribution is 2.15. The second-order valence-electron chi connectivity index (χ2n) is 4.35. The van der Waals surface area contributed by atoms with Gasteiger partial charge in [-0.15, -0.1) is 5.10 Å². The van der Waals surface area contributed by atoms with Crippen LogP contribution in [0.1, 0.15) is 11.4 Å². The maximum Gasteiger partial charge on any atom is 0.175 e. The molecule has 0 aliphatic rings. The number of nitriles is 1. The molecule has 0 aliphatic heterocycles. The van der Waals surface area contributed by atoms with Crippen LogP contribution in [0.3, 0.4) is 0 Å². The molecule has 2 aromatic carbocycles. The monoisotopic (exact) mass is 276 g/mol. The van der Waals surface area contributed by atoms with Gasteiger partial charge in [-0.1, -0.05) is 30.3 Å². The van der Waals surface area contributed by atoms with E-state index < -0.39 is 0 Å².